The van der Waals surface area contributed by atoms with Crippen LogP contribution in [0.5, 0.6) is 0 Å². The first-order valence-electron chi connectivity index (χ1n) is 18.0. The van der Waals surface area contributed by atoms with Crippen molar-refractivity contribution < 1.29 is 4.57 Å². The fourth-order valence-corrected chi connectivity index (χ4v) is 6.16. The van der Waals surface area contributed by atoms with Gasteiger partial charge in [-0.15, -0.1) is 0 Å². The number of unbranched alkanes of at least 4 members (excludes halogenated alkanes) is 22. The van der Waals surface area contributed by atoms with Gasteiger partial charge >= 0.3 is 0 Å². The number of aromatic nitrogens is 2. The van der Waals surface area contributed by atoms with Crippen molar-refractivity contribution in [1.29, 1.82) is 0 Å². The first kappa shape index (κ1) is 34.6. The molecule has 2 nitrogen and oxygen atoms in total. The van der Waals surface area contributed by atoms with Gasteiger partial charge in [0.1, 0.15) is 18.9 Å². The maximum absolute atomic E-state index is 2.58. The van der Waals surface area contributed by atoms with E-state index in [1.165, 1.54) is 173 Å². The van der Waals surface area contributed by atoms with Gasteiger partial charge in [-0.25, -0.2) is 9.13 Å². The molecular weight excluding hydrogens is 484 g/mol. The SMILES string of the molecule is CCCCCCCCCCCCCCCn1cc[n+](Cc2ccccc2)c1CCCCCCCCCCCCC. The largest absolute Gasteiger partial charge is 0.256 e. The van der Waals surface area contributed by atoms with Crippen LogP contribution in [0.4, 0.5) is 0 Å². The number of hydrogen-bond acceptors (Lipinski definition) is 0. The lowest BCUT2D eigenvalue weighted by Gasteiger charge is -2.07. The molecule has 0 aliphatic rings. The van der Waals surface area contributed by atoms with Gasteiger partial charge in [-0.3, -0.25) is 0 Å². The van der Waals surface area contributed by atoms with Crippen molar-refractivity contribution in [3.8, 4) is 0 Å². The fraction of sp³-hybridized carbons (Fsp3) is 0.763. The zero-order chi connectivity index (χ0) is 28.4. The van der Waals surface area contributed by atoms with Crippen LogP contribution in [0.25, 0.3) is 0 Å². The van der Waals surface area contributed by atoms with Crippen molar-refractivity contribution in [3.63, 3.8) is 0 Å². The van der Waals surface area contributed by atoms with E-state index >= 15 is 0 Å². The van der Waals surface area contributed by atoms with Crippen LogP contribution in [0, 0.1) is 0 Å². The molecule has 1 heterocycles. The molecule has 0 aliphatic heterocycles. The number of imidazole rings is 1. The van der Waals surface area contributed by atoms with Gasteiger partial charge in [0.2, 0.25) is 0 Å². The van der Waals surface area contributed by atoms with E-state index in [0.29, 0.717) is 0 Å². The lowest BCUT2D eigenvalue weighted by atomic mass is 10.0. The highest BCUT2D eigenvalue weighted by molar-refractivity contribution is 5.13. The third kappa shape index (κ3) is 17.3. The Labute approximate surface area is 250 Å². The van der Waals surface area contributed by atoms with Crippen LogP contribution in [0.15, 0.2) is 42.7 Å². The van der Waals surface area contributed by atoms with Crippen LogP contribution in [0.2, 0.25) is 0 Å². The lowest BCUT2D eigenvalue weighted by Crippen LogP contribution is -2.37. The quantitative estimate of drug-likeness (QED) is 0.0734. The highest BCUT2D eigenvalue weighted by Crippen LogP contribution is 2.15. The number of hydrogen-bond donors (Lipinski definition) is 0. The van der Waals surface area contributed by atoms with E-state index in [9.17, 15) is 0 Å². The van der Waals surface area contributed by atoms with Crippen molar-refractivity contribution in [2.75, 3.05) is 0 Å². The highest BCUT2D eigenvalue weighted by Gasteiger charge is 2.17. The summed E-state index contributed by atoms with van der Waals surface area (Å²) in [5.74, 6) is 1.54. The van der Waals surface area contributed by atoms with Crippen LogP contribution in [0.3, 0.4) is 0 Å². The second kappa shape index (κ2) is 25.2. The highest BCUT2D eigenvalue weighted by atomic mass is 15.1. The summed E-state index contributed by atoms with van der Waals surface area (Å²) < 4.78 is 5.10. The van der Waals surface area contributed by atoms with Crippen LogP contribution in [-0.4, -0.2) is 4.57 Å². The Morgan fingerprint density at radius 3 is 1.40 bits per heavy atom. The molecule has 0 radical (unpaired) electrons. The van der Waals surface area contributed by atoms with Gasteiger partial charge in [0.05, 0.1) is 6.54 Å². The summed E-state index contributed by atoms with van der Waals surface area (Å²) in [5.41, 5.74) is 1.41. The second-order valence-electron chi connectivity index (χ2n) is 12.5. The molecule has 1 aromatic carbocycles. The monoisotopic (exact) mass is 552 g/mol. The zero-order valence-corrected chi connectivity index (χ0v) is 27.0. The molecule has 228 valence electrons. The molecule has 0 aliphatic carbocycles. The summed E-state index contributed by atoms with van der Waals surface area (Å²) in [5, 5.41) is 0. The molecule has 0 fully saturated rings. The Bertz CT molecular complexity index is 793. The number of aryl methyl sites for hydroxylation is 1. The average molecular weight is 552 g/mol. The molecule has 0 saturated heterocycles. The second-order valence-corrected chi connectivity index (χ2v) is 12.5. The van der Waals surface area contributed by atoms with Crippen LogP contribution in [-0.2, 0) is 19.5 Å². The summed E-state index contributed by atoms with van der Waals surface area (Å²) >= 11 is 0. The molecule has 40 heavy (non-hydrogen) atoms. The minimum absolute atomic E-state index is 1.000. The van der Waals surface area contributed by atoms with E-state index in [1.54, 1.807) is 5.82 Å². The first-order chi connectivity index (χ1) is 19.8. The maximum Gasteiger partial charge on any atom is 0.256 e. The third-order valence-corrected chi connectivity index (χ3v) is 8.79. The van der Waals surface area contributed by atoms with E-state index in [4.69, 9.17) is 0 Å². The smallest absolute Gasteiger partial charge is 0.234 e. The first-order valence-corrected chi connectivity index (χ1v) is 18.0. The van der Waals surface area contributed by atoms with E-state index in [2.05, 4.69) is 65.7 Å². The Kier molecular flexibility index (Phi) is 21.8. The zero-order valence-electron chi connectivity index (χ0n) is 27.0. The van der Waals surface area contributed by atoms with E-state index in [1.807, 2.05) is 0 Å². The average Bonchev–Trinajstić information content (AvgIpc) is 3.35. The topological polar surface area (TPSA) is 8.81 Å². The molecule has 2 aromatic rings. The normalized spacial score (nSPS) is 11.4. The maximum atomic E-state index is 2.58. The van der Waals surface area contributed by atoms with E-state index in [-0.39, 0.29) is 0 Å². The molecular formula is C38H67N2+. The predicted octanol–water partition coefficient (Wildman–Crippen LogP) is 11.8. The van der Waals surface area contributed by atoms with Crippen LogP contribution < -0.4 is 4.57 Å². The molecule has 2 heteroatoms. The molecule has 0 unspecified atom stereocenters. The van der Waals surface area contributed by atoms with Gasteiger partial charge in [0, 0.05) is 6.42 Å². The molecule has 0 atom stereocenters. The Balaban J connectivity index is 1.63. The van der Waals surface area contributed by atoms with Gasteiger partial charge in [0.15, 0.2) is 0 Å². The van der Waals surface area contributed by atoms with Crippen LogP contribution >= 0.6 is 0 Å². The Morgan fingerprint density at radius 2 is 0.925 bits per heavy atom. The Morgan fingerprint density at radius 1 is 0.500 bits per heavy atom. The van der Waals surface area contributed by atoms with Gasteiger partial charge in [-0.1, -0.05) is 179 Å². The van der Waals surface area contributed by atoms with Crippen LogP contribution in [0.1, 0.15) is 179 Å². The standard InChI is InChI=1S/C38H67N2/c1-3-5-7-9-11-13-15-16-18-20-22-24-29-33-39-34-35-40(36-37-30-26-25-27-31-37)38(39)32-28-23-21-19-17-14-12-10-8-6-4-2/h25-27,30-31,34-35H,3-24,28-29,32-33,36H2,1-2H3/q+1. The Hall–Kier alpha value is -1.57. The third-order valence-electron chi connectivity index (χ3n) is 8.79. The summed E-state index contributed by atoms with van der Waals surface area (Å²) in [6, 6.07) is 11.0. The molecule has 0 saturated carbocycles. The van der Waals surface area contributed by atoms with Crippen molar-refractivity contribution >= 4 is 0 Å². The lowest BCUT2D eigenvalue weighted by molar-refractivity contribution is -0.695. The van der Waals surface area contributed by atoms with E-state index < -0.39 is 0 Å². The van der Waals surface area contributed by atoms with Crippen molar-refractivity contribution in [2.45, 2.75) is 187 Å². The van der Waals surface area contributed by atoms with Crippen molar-refractivity contribution in [3.05, 3.63) is 54.1 Å². The molecule has 0 amide bonds. The summed E-state index contributed by atoms with van der Waals surface area (Å²) in [6.45, 7) is 6.80. The minimum Gasteiger partial charge on any atom is -0.234 e. The van der Waals surface area contributed by atoms with E-state index in [0.717, 1.165) is 6.54 Å². The van der Waals surface area contributed by atoms with Crippen molar-refractivity contribution in [1.82, 2.24) is 4.57 Å². The van der Waals surface area contributed by atoms with Gasteiger partial charge in [-0.05, 0) is 24.8 Å². The predicted molar refractivity (Wildman–Crippen MR) is 176 cm³/mol. The number of nitrogens with zero attached hydrogens (tertiary/aromatic N) is 2. The number of rotatable bonds is 28. The summed E-state index contributed by atoms with van der Waals surface area (Å²) in [4.78, 5) is 0. The molecule has 0 bridgehead atoms. The fourth-order valence-electron chi connectivity index (χ4n) is 6.16. The summed E-state index contributed by atoms with van der Waals surface area (Å²) in [7, 11) is 0. The molecule has 2 rings (SSSR count). The minimum atomic E-state index is 1.000. The van der Waals surface area contributed by atoms with Gasteiger partial charge < -0.3 is 0 Å². The van der Waals surface area contributed by atoms with Crippen molar-refractivity contribution in [2.24, 2.45) is 0 Å². The van der Waals surface area contributed by atoms with Gasteiger partial charge in [0.25, 0.3) is 5.82 Å². The van der Waals surface area contributed by atoms with Gasteiger partial charge in [-0.2, -0.15) is 0 Å². The molecule has 1 aromatic heterocycles. The number of benzene rings is 1. The molecule has 0 spiro atoms. The molecule has 0 N–H and O–H groups in total. The summed E-state index contributed by atoms with van der Waals surface area (Å²) in [6.07, 6.45) is 40.0.